The summed E-state index contributed by atoms with van der Waals surface area (Å²) in [6, 6.07) is 14.6. The van der Waals surface area contributed by atoms with Crippen LogP contribution in [0.15, 0.2) is 74.8 Å². The number of hydrogen-bond acceptors (Lipinski definition) is 5. The van der Waals surface area contributed by atoms with Crippen molar-refractivity contribution in [3.05, 3.63) is 81.0 Å². The van der Waals surface area contributed by atoms with Gasteiger partial charge in [-0.2, -0.15) is 0 Å². The van der Waals surface area contributed by atoms with Crippen LogP contribution in [0, 0.1) is 0 Å². The topological polar surface area (TPSA) is 62.6 Å². The van der Waals surface area contributed by atoms with Crippen LogP contribution in [0.2, 0.25) is 0 Å². The third kappa shape index (κ3) is 3.11. The molecule has 26 heavy (non-hydrogen) atoms. The Morgan fingerprint density at radius 3 is 2.65 bits per heavy atom. The lowest BCUT2D eigenvalue weighted by Gasteiger charge is -2.13. The van der Waals surface area contributed by atoms with Gasteiger partial charge in [0.2, 0.25) is 0 Å². The Morgan fingerprint density at radius 2 is 1.96 bits per heavy atom. The number of furan rings is 1. The molecule has 0 saturated carbocycles. The summed E-state index contributed by atoms with van der Waals surface area (Å²) in [7, 11) is 0. The number of nitrogens with zero attached hydrogens (tertiary/aromatic N) is 1. The molecule has 0 unspecified atom stereocenters. The smallest absolute Gasteiger partial charge is 0.278 e. The lowest BCUT2D eigenvalue weighted by Crippen LogP contribution is -2.31. The summed E-state index contributed by atoms with van der Waals surface area (Å²) < 4.78 is 6.18. The van der Waals surface area contributed by atoms with Crippen LogP contribution in [0.4, 0.5) is 5.69 Å². The van der Waals surface area contributed by atoms with Crippen molar-refractivity contribution in [2.45, 2.75) is 6.54 Å². The van der Waals surface area contributed by atoms with Gasteiger partial charge in [0.05, 0.1) is 18.4 Å². The van der Waals surface area contributed by atoms with Crippen LogP contribution in [0.3, 0.4) is 0 Å². The number of nitrogens with one attached hydrogen (secondary N) is 1. The molecule has 0 radical (unpaired) electrons. The van der Waals surface area contributed by atoms with Gasteiger partial charge in [-0.3, -0.25) is 14.5 Å². The van der Waals surface area contributed by atoms with Gasteiger partial charge in [-0.15, -0.1) is 11.3 Å². The van der Waals surface area contributed by atoms with Crippen LogP contribution < -0.4 is 5.32 Å². The minimum atomic E-state index is -0.366. The molecule has 0 atom stereocenters. The molecule has 0 fully saturated rings. The monoisotopic (exact) mass is 428 g/mol. The maximum atomic E-state index is 13.0. The van der Waals surface area contributed by atoms with Gasteiger partial charge in [-0.05, 0) is 41.8 Å². The molecule has 2 aromatic heterocycles. The predicted octanol–water partition coefficient (Wildman–Crippen LogP) is 4.50. The van der Waals surface area contributed by atoms with Crippen molar-refractivity contribution in [2.75, 3.05) is 5.32 Å². The third-order valence-electron chi connectivity index (χ3n) is 3.92. The highest BCUT2D eigenvalue weighted by atomic mass is 79.9. The molecule has 2 amide bonds. The zero-order chi connectivity index (χ0) is 18.1. The van der Waals surface area contributed by atoms with Crippen molar-refractivity contribution in [1.29, 1.82) is 0 Å². The molecule has 1 aliphatic rings. The van der Waals surface area contributed by atoms with Gasteiger partial charge < -0.3 is 9.73 Å². The molecule has 130 valence electrons. The Morgan fingerprint density at radius 1 is 1.08 bits per heavy atom. The lowest BCUT2D eigenvalue weighted by molar-refractivity contribution is -0.137. The number of thiophene rings is 1. The molecule has 4 rings (SSSR count). The van der Waals surface area contributed by atoms with E-state index in [-0.39, 0.29) is 24.1 Å². The summed E-state index contributed by atoms with van der Waals surface area (Å²) in [6.45, 7) is 0.100. The largest absolute Gasteiger partial charge is 0.467 e. The normalized spacial score (nSPS) is 14.4. The first-order chi connectivity index (χ1) is 12.6. The molecule has 1 aromatic carbocycles. The van der Waals surface area contributed by atoms with Gasteiger partial charge in [0.25, 0.3) is 11.8 Å². The van der Waals surface area contributed by atoms with E-state index in [1.165, 1.54) is 22.5 Å². The Bertz CT molecular complexity index is 994. The molecule has 0 spiro atoms. The number of rotatable bonds is 5. The SMILES string of the molecule is O=C1C(Nc2cccc(Br)c2)=C(c2cccs2)C(=O)N1Cc1ccco1. The average molecular weight is 429 g/mol. The number of anilines is 1. The van der Waals surface area contributed by atoms with Crippen molar-refractivity contribution in [3.63, 3.8) is 0 Å². The molecule has 1 N–H and O–H groups in total. The standard InChI is InChI=1S/C19H13BrN2O3S/c20-12-4-1-5-13(10-12)21-17-16(15-7-3-9-26-15)18(23)22(19(17)24)11-14-6-2-8-25-14/h1-10,21H,11H2. The third-order valence-corrected chi connectivity index (χ3v) is 5.30. The fraction of sp³-hybridized carbons (Fsp3) is 0.0526. The summed E-state index contributed by atoms with van der Waals surface area (Å²) in [5.74, 6) is -0.137. The number of halogens is 1. The molecule has 3 aromatic rings. The molecular weight excluding hydrogens is 416 g/mol. The Balaban J connectivity index is 1.73. The summed E-state index contributed by atoms with van der Waals surface area (Å²) in [4.78, 5) is 27.9. The van der Waals surface area contributed by atoms with Crippen LogP contribution >= 0.6 is 27.3 Å². The summed E-state index contributed by atoms with van der Waals surface area (Å²) in [6.07, 6.45) is 1.52. The molecule has 0 saturated heterocycles. The first-order valence-electron chi connectivity index (χ1n) is 7.83. The number of benzene rings is 1. The lowest BCUT2D eigenvalue weighted by atomic mass is 10.2. The van der Waals surface area contributed by atoms with Crippen molar-refractivity contribution < 1.29 is 14.0 Å². The molecule has 7 heteroatoms. The minimum Gasteiger partial charge on any atom is -0.467 e. The van der Waals surface area contributed by atoms with E-state index in [0.29, 0.717) is 11.3 Å². The van der Waals surface area contributed by atoms with Crippen molar-refractivity contribution >= 4 is 50.3 Å². The fourth-order valence-corrected chi connectivity index (χ4v) is 3.92. The molecule has 0 aliphatic carbocycles. The van der Waals surface area contributed by atoms with Gasteiger partial charge in [0.1, 0.15) is 11.5 Å². The number of hydrogen-bond donors (Lipinski definition) is 1. The minimum absolute atomic E-state index is 0.100. The maximum absolute atomic E-state index is 13.0. The van der Waals surface area contributed by atoms with Crippen molar-refractivity contribution in [1.82, 2.24) is 4.90 Å². The fourth-order valence-electron chi connectivity index (χ4n) is 2.75. The highest BCUT2D eigenvalue weighted by Gasteiger charge is 2.40. The zero-order valence-corrected chi connectivity index (χ0v) is 15.8. The summed E-state index contributed by atoms with van der Waals surface area (Å²) >= 11 is 4.84. The predicted molar refractivity (Wildman–Crippen MR) is 103 cm³/mol. The molecule has 3 heterocycles. The molecule has 1 aliphatic heterocycles. The first kappa shape index (κ1) is 16.8. The number of carbonyl (C=O) groups excluding carboxylic acids is 2. The van der Waals surface area contributed by atoms with E-state index in [1.54, 1.807) is 12.1 Å². The van der Waals surface area contributed by atoms with E-state index in [4.69, 9.17) is 4.42 Å². The van der Waals surface area contributed by atoms with E-state index < -0.39 is 0 Å². The van der Waals surface area contributed by atoms with Crippen LogP contribution in [0.5, 0.6) is 0 Å². The van der Waals surface area contributed by atoms with Crippen LogP contribution in [0.1, 0.15) is 10.6 Å². The molecular formula is C19H13BrN2O3S. The number of carbonyl (C=O) groups is 2. The van der Waals surface area contributed by atoms with Gasteiger partial charge in [0.15, 0.2) is 0 Å². The van der Waals surface area contributed by atoms with E-state index in [0.717, 1.165) is 15.0 Å². The van der Waals surface area contributed by atoms with Gasteiger partial charge in [0, 0.05) is 15.0 Å². The quantitative estimate of drug-likeness (QED) is 0.607. The van der Waals surface area contributed by atoms with Crippen LogP contribution in [-0.4, -0.2) is 16.7 Å². The van der Waals surface area contributed by atoms with Crippen molar-refractivity contribution in [3.8, 4) is 0 Å². The van der Waals surface area contributed by atoms with E-state index in [2.05, 4.69) is 21.2 Å². The summed E-state index contributed by atoms with van der Waals surface area (Å²) in [5.41, 5.74) is 1.39. The highest BCUT2D eigenvalue weighted by Crippen LogP contribution is 2.34. The second-order valence-corrected chi connectivity index (χ2v) is 7.50. The number of amides is 2. The van der Waals surface area contributed by atoms with Gasteiger partial charge >= 0.3 is 0 Å². The average Bonchev–Trinajstić information content (AvgIpc) is 3.35. The zero-order valence-electron chi connectivity index (χ0n) is 13.4. The maximum Gasteiger partial charge on any atom is 0.278 e. The first-order valence-corrected chi connectivity index (χ1v) is 9.50. The van der Waals surface area contributed by atoms with Crippen molar-refractivity contribution in [2.24, 2.45) is 0 Å². The van der Waals surface area contributed by atoms with E-state index in [1.807, 2.05) is 41.8 Å². The Kier molecular flexibility index (Phi) is 4.48. The van der Waals surface area contributed by atoms with Crippen LogP contribution in [-0.2, 0) is 16.1 Å². The second kappa shape index (κ2) is 6.93. The molecule has 5 nitrogen and oxygen atoms in total. The Labute approximate surface area is 162 Å². The van der Waals surface area contributed by atoms with Crippen LogP contribution in [0.25, 0.3) is 5.57 Å². The van der Waals surface area contributed by atoms with Gasteiger partial charge in [-0.25, -0.2) is 0 Å². The second-order valence-electron chi connectivity index (χ2n) is 5.64. The van der Waals surface area contributed by atoms with E-state index in [9.17, 15) is 9.59 Å². The summed E-state index contributed by atoms with van der Waals surface area (Å²) in [5, 5.41) is 5.00. The van der Waals surface area contributed by atoms with Gasteiger partial charge in [-0.1, -0.05) is 28.1 Å². The van der Waals surface area contributed by atoms with E-state index >= 15 is 0 Å². The molecule has 0 bridgehead atoms. The number of imide groups is 1. The highest BCUT2D eigenvalue weighted by molar-refractivity contribution is 9.10. The Hall–Kier alpha value is -2.64.